The van der Waals surface area contributed by atoms with E-state index < -0.39 is 5.54 Å². The lowest BCUT2D eigenvalue weighted by Crippen LogP contribution is -2.62. The summed E-state index contributed by atoms with van der Waals surface area (Å²) in [6.07, 6.45) is 4.68. The third-order valence-electron chi connectivity index (χ3n) is 7.47. The van der Waals surface area contributed by atoms with Crippen LogP contribution in [0.1, 0.15) is 36.2 Å². The number of H-pyrrole nitrogens is 1. The van der Waals surface area contributed by atoms with Gasteiger partial charge in [0.2, 0.25) is 5.78 Å². The molecule has 3 aliphatic heterocycles. The molecular formula is C21H27N5O. The van der Waals surface area contributed by atoms with Gasteiger partial charge in [0.1, 0.15) is 5.54 Å². The monoisotopic (exact) mass is 365 g/mol. The van der Waals surface area contributed by atoms with E-state index in [0.717, 1.165) is 55.6 Å². The van der Waals surface area contributed by atoms with Gasteiger partial charge in [0.05, 0.1) is 5.69 Å². The van der Waals surface area contributed by atoms with Gasteiger partial charge in [-0.1, -0.05) is 18.2 Å². The van der Waals surface area contributed by atoms with Crippen LogP contribution in [0.3, 0.4) is 0 Å². The standard InChI is InChI=1S/C21H27N5O/c27-19(18-11-14-3-1-2-4-16(14)24-18)21-13-23-20(6-7-20)8-10-26(21)25-17-5-9-22-12-15(17)21/h1-4,11,15,17,22-25H,5-10,12-13H2. The molecule has 1 aromatic heterocycles. The molecule has 6 rings (SSSR count). The summed E-state index contributed by atoms with van der Waals surface area (Å²) in [5.41, 5.74) is 5.27. The number of piperidine rings is 1. The lowest BCUT2D eigenvalue weighted by atomic mass is 9.74. The normalized spacial score (nSPS) is 35.0. The van der Waals surface area contributed by atoms with Crippen molar-refractivity contribution in [2.45, 2.75) is 42.8 Å². The number of ketones is 1. The topological polar surface area (TPSA) is 72.2 Å². The van der Waals surface area contributed by atoms with Crippen LogP contribution in [-0.2, 0) is 0 Å². The second-order valence-electron chi connectivity index (χ2n) is 8.89. The summed E-state index contributed by atoms with van der Waals surface area (Å²) >= 11 is 0. The molecule has 6 heteroatoms. The van der Waals surface area contributed by atoms with Gasteiger partial charge in [0.15, 0.2) is 0 Å². The van der Waals surface area contributed by atoms with E-state index in [0.29, 0.717) is 6.04 Å². The fourth-order valence-corrected chi connectivity index (χ4v) is 5.64. The Morgan fingerprint density at radius 2 is 2.07 bits per heavy atom. The number of benzene rings is 1. The minimum Gasteiger partial charge on any atom is -0.352 e. The zero-order valence-electron chi connectivity index (χ0n) is 15.6. The first-order valence-corrected chi connectivity index (χ1v) is 10.3. The molecule has 27 heavy (non-hydrogen) atoms. The quantitative estimate of drug-likeness (QED) is 0.606. The smallest absolute Gasteiger partial charge is 0.202 e. The van der Waals surface area contributed by atoms with Crippen molar-refractivity contribution in [3.05, 3.63) is 36.0 Å². The zero-order chi connectivity index (χ0) is 18.1. The highest BCUT2D eigenvalue weighted by molar-refractivity contribution is 6.06. The summed E-state index contributed by atoms with van der Waals surface area (Å²) in [6.45, 7) is 3.59. The predicted molar refractivity (Wildman–Crippen MR) is 105 cm³/mol. The number of carbonyl (C=O) groups is 1. The molecule has 4 N–H and O–H groups in total. The molecule has 0 radical (unpaired) electrons. The highest BCUT2D eigenvalue weighted by Gasteiger charge is 2.62. The lowest BCUT2D eigenvalue weighted by molar-refractivity contribution is 0.0492. The zero-order valence-corrected chi connectivity index (χ0v) is 15.6. The van der Waals surface area contributed by atoms with E-state index in [1.54, 1.807) is 0 Å². The number of hydrogen-bond acceptors (Lipinski definition) is 5. The maximum Gasteiger partial charge on any atom is 0.202 e. The van der Waals surface area contributed by atoms with Crippen molar-refractivity contribution < 1.29 is 4.79 Å². The summed E-state index contributed by atoms with van der Waals surface area (Å²) in [7, 11) is 0. The van der Waals surface area contributed by atoms with Gasteiger partial charge < -0.3 is 15.6 Å². The second-order valence-corrected chi connectivity index (χ2v) is 8.89. The molecule has 0 bridgehead atoms. The molecular weight excluding hydrogens is 338 g/mol. The number of aromatic amines is 1. The Bertz CT molecular complexity index is 870. The van der Waals surface area contributed by atoms with Crippen LogP contribution in [0.5, 0.6) is 0 Å². The number of carbonyl (C=O) groups excluding carboxylic acids is 1. The van der Waals surface area contributed by atoms with Crippen LogP contribution in [0.4, 0.5) is 0 Å². The van der Waals surface area contributed by atoms with Crippen molar-refractivity contribution in [3.8, 4) is 0 Å². The molecule has 4 aliphatic rings. The fourth-order valence-electron chi connectivity index (χ4n) is 5.64. The number of Topliss-reactive ketones (excluding diaryl/α,β-unsaturated/α-hetero) is 1. The Labute approximate surface area is 159 Å². The lowest BCUT2D eigenvalue weighted by Gasteiger charge is -2.40. The first-order chi connectivity index (χ1) is 13.2. The fraction of sp³-hybridized carbons (Fsp3) is 0.571. The molecule has 1 aromatic carbocycles. The van der Waals surface area contributed by atoms with E-state index in [9.17, 15) is 4.79 Å². The van der Waals surface area contributed by atoms with Crippen molar-refractivity contribution in [1.82, 2.24) is 26.1 Å². The number of fused-ring (bicyclic) bond motifs is 4. The van der Waals surface area contributed by atoms with Crippen LogP contribution in [0.15, 0.2) is 30.3 Å². The third-order valence-corrected chi connectivity index (χ3v) is 7.47. The number of rotatable bonds is 2. The molecule has 1 saturated carbocycles. The molecule has 4 fully saturated rings. The number of hydrogen-bond donors (Lipinski definition) is 4. The van der Waals surface area contributed by atoms with Crippen molar-refractivity contribution >= 4 is 16.7 Å². The van der Waals surface area contributed by atoms with Gasteiger partial charge in [0, 0.05) is 48.0 Å². The van der Waals surface area contributed by atoms with Gasteiger partial charge in [-0.3, -0.25) is 10.2 Å². The number of para-hydroxylation sites is 1. The molecule has 6 nitrogen and oxygen atoms in total. The van der Waals surface area contributed by atoms with Crippen molar-refractivity contribution in [2.75, 3.05) is 26.2 Å². The molecule has 1 aliphatic carbocycles. The SMILES string of the molecule is O=C(c1cc2ccccc2[nH]1)C12CNC3(CCN1NC1CCNCC12)CC3. The minimum atomic E-state index is -0.523. The summed E-state index contributed by atoms with van der Waals surface area (Å²) in [6, 6.07) is 10.6. The van der Waals surface area contributed by atoms with Gasteiger partial charge in [-0.15, -0.1) is 0 Å². The maximum atomic E-state index is 14.0. The van der Waals surface area contributed by atoms with Crippen LogP contribution in [0.2, 0.25) is 0 Å². The highest BCUT2D eigenvalue weighted by Crippen LogP contribution is 2.46. The molecule has 3 atom stereocenters. The van der Waals surface area contributed by atoms with Gasteiger partial charge in [-0.2, -0.15) is 0 Å². The molecule has 2 aromatic rings. The summed E-state index contributed by atoms with van der Waals surface area (Å²) in [5.74, 6) is 0.513. The Hall–Kier alpha value is -1.73. The number of nitrogens with one attached hydrogen (secondary N) is 4. The molecule has 4 heterocycles. The van der Waals surface area contributed by atoms with Crippen molar-refractivity contribution in [2.24, 2.45) is 5.92 Å². The number of hydrazine groups is 1. The summed E-state index contributed by atoms with van der Waals surface area (Å²) in [4.78, 5) is 17.4. The summed E-state index contributed by atoms with van der Waals surface area (Å²) in [5, 5.41) is 10.8. The Kier molecular flexibility index (Phi) is 3.39. The van der Waals surface area contributed by atoms with E-state index in [2.05, 4.69) is 32.1 Å². The number of nitrogens with zero attached hydrogens (tertiary/aromatic N) is 1. The maximum absolute atomic E-state index is 14.0. The van der Waals surface area contributed by atoms with Crippen molar-refractivity contribution in [3.63, 3.8) is 0 Å². The second kappa shape index (κ2) is 5.64. The van der Waals surface area contributed by atoms with Crippen LogP contribution < -0.4 is 16.1 Å². The van der Waals surface area contributed by atoms with Gasteiger partial charge in [0.25, 0.3) is 0 Å². The molecule has 3 unspecified atom stereocenters. The average Bonchev–Trinajstić information content (AvgIpc) is 3.26. The summed E-state index contributed by atoms with van der Waals surface area (Å²) < 4.78 is 0. The van der Waals surface area contributed by atoms with Crippen molar-refractivity contribution in [1.29, 1.82) is 0 Å². The minimum absolute atomic E-state index is 0.229. The number of aromatic nitrogens is 1. The average molecular weight is 365 g/mol. The Morgan fingerprint density at radius 3 is 2.93 bits per heavy atom. The molecule has 142 valence electrons. The van der Waals surface area contributed by atoms with E-state index in [1.807, 2.05) is 24.3 Å². The van der Waals surface area contributed by atoms with Crippen LogP contribution in [0, 0.1) is 5.92 Å². The third kappa shape index (κ3) is 2.30. The highest BCUT2D eigenvalue weighted by atomic mass is 16.1. The van der Waals surface area contributed by atoms with E-state index >= 15 is 0 Å². The predicted octanol–water partition coefficient (Wildman–Crippen LogP) is 1.41. The van der Waals surface area contributed by atoms with E-state index in [4.69, 9.17) is 0 Å². The van der Waals surface area contributed by atoms with Crippen LogP contribution in [-0.4, -0.2) is 59.1 Å². The first kappa shape index (κ1) is 16.2. The largest absolute Gasteiger partial charge is 0.352 e. The van der Waals surface area contributed by atoms with Crippen LogP contribution >= 0.6 is 0 Å². The molecule has 0 amide bonds. The van der Waals surface area contributed by atoms with Crippen LogP contribution in [0.25, 0.3) is 10.9 Å². The van der Waals surface area contributed by atoms with E-state index in [1.165, 1.54) is 12.8 Å². The molecule has 1 spiro atoms. The Morgan fingerprint density at radius 1 is 1.19 bits per heavy atom. The van der Waals surface area contributed by atoms with Gasteiger partial charge in [-0.05, 0) is 44.4 Å². The molecule has 3 saturated heterocycles. The first-order valence-electron chi connectivity index (χ1n) is 10.3. The van der Waals surface area contributed by atoms with Gasteiger partial charge in [-0.25, -0.2) is 5.01 Å². The Balaban J connectivity index is 1.44. The van der Waals surface area contributed by atoms with Gasteiger partial charge >= 0.3 is 0 Å². The van der Waals surface area contributed by atoms with E-state index in [-0.39, 0.29) is 17.2 Å².